The molecule has 0 aliphatic carbocycles. The van der Waals surface area contributed by atoms with E-state index >= 15 is 0 Å². The number of amides is 2. The Hall–Kier alpha value is -3.82. The van der Waals surface area contributed by atoms with Crippen LogP contribution in [0.3, 0.4) is 0 Å². The number of anilines is 2. The van der Waals surface area contributed by atoms with Crippen LogP contribution in [0.4, 0.5) is 11.4 Å². The molecule has 2 amide bonds. The van der Waals surface area contributed by atoms with Crippen LogP contribution < -0.4 is 10.6 Å². The molecule has 144 valence electrons. The minimum atomic E-state index is -0.569. The van der Waals surface area contributed by atoms with Crippen molar-refractivity contribution >= 4 is 40.9 Å². The topological polar surface area (TPSA) is 95.1 Å². The Morgan fingerprint density at radius 1 is 1.03 bits per heavy atom. The molecular weight excluding hydrogens is 390 g/mol. The molecule has 2 N–H and O–H groups in total. The van der Waals surface area contributed by atoms with Crippen molar-refractivity contribution < 1.29 is 14.0 Å². The largest absolute Gasteiger partial charge is 0.457 e. The van der Waals surface area contributed by atoms with Crippen molar-refractivity contribution in [1.29, 1.82) is 5.26 Å². The SMILES string of the molecule is CC(=O)Nc1ccc(NC(=O)/C(C#N)=C/c2ccc(-c3cccc(Cl)c3)o2)cc1. The van der Waals surface area contributed by atoms with Gasteiger partial charge in [-0.2, -0.15) is 5.26 Å². The van der Waals surface area contributed by atoms with Gasteiger partial charge in [0, 0.05) is 35.0 Å². The van der Waals surface area contributed by atoms with Crippen LogP contribution in [-0.4, -0.2) is 11.8 Å². The first-order valence-corrected chi connectivity index (χ1v) is 8.99. The maximum atomic E-state index is 12.4. The number of nitrogens with zero attached hydrogens (tertiary/aromatic N) is 1. The Morgan fingerprint density at radius 2 is 1.72 bits per heavy atom. The second-order valence-electron chi connectivity index (χ2n) is 6.09. The number of furan rings is 1. The fraction of sp³-hybridized carbons (Fsp3) is 0.0455. The zero-order chi connectivity index (χ0) is 20.8. The molecule has 0 aliphatic heterocycles. The van der Waals surface area contributed by atoms with Gasteiger partial charge < -0.3 is 15.1 Å². The van der Waals surface area contributed by atoms with Crippen molar-refractivity contribution in [3.05, 3.63) is 77.0 Å². The number of benzene rings is 2. The van der Waals surface area contributed by atoms with Crippen molar-refractivity contribution in [3.8, 4) is 17.4 Å². The van der Waals surface area contributed by atoms with E-state index in [4.69, 9.17) is 16.0 Å². The first-order valence-electron chi connectivity index (χ1n) is 8.61. The van der Waals surface area contributed by atoms with E-state index < -0.39 is 5.91 Å². The van der Waals surface area contributed by atoms with Crippen LogP contribution >= 0.6 is 11.6 Å². The fourth-order valence-electron chi connectivity index (χ4n) is 2.56. The van der Waals surface area contributed by atoms with Gasteiger partial charge in [-0.1, -0.05) is 23.7 Å². The van der Waals surface area contributed by atoms with Crippen molar-refractivity contribution in [1.82, 2.24) is 0 Å². The van der Waals surface area contributed by atoms with Gasteiger partial charge in [0.15, 0.2) is 0 Å². The molecule has 0 unspecified atom stereocenters. The van der Waals surface area contributed by atoms with Crippen molar-refractivity contribution in [2.45, 2.75) is 6.92 Å². The molecule has 29 heavy (non-hydrogen) atoms. The van der Waals surface area contributed by atoms with Gasteiger partial charge in [0.25, 0.3) is 5.91 Å². The molecule has 0 bridgehead atoms. The maximum absolute atomic E-state index is 12.4. The van der Waals surface area contributed by atoms with Crippen LogP contribution in [0.2, 0.25) is 5.02 Å². The number of nitriles is 1. The summed E-state index contributed by atoms with van der Waals surface area (Å²) in [6, 6.07) is 19.0. The van der Waals surface area contributed by atoms with Gasteiger partial charge >= 0.3 is 0 Å². The van der Waals surface area contributed by atoms with Crippen LogP contribution in [0, 0.1) is 11.3 Å². The lowest BCUT2D eigenvalue weighted by molar-refractivity contribution is -0.114. The molecule has 0 spiro atoms. The summed E-state index contributed by atoms with van der Waals surface area (Å²) >= 11 is 5.99. The molecule has 3 aromatic rings. The Bertz CT molecular complexity index is 1120. The lowest BCUT2D eigenvalue weighted by Gasteiger charge is -2.06. The predicted octanol–water partition coefficient (Wildman–Crippen LogP) is 5.10. The normalized spacial score (nSPS) is 10.9. The zero-order valence-corrected chi connectivity index (χ0v) is 16.2. The van der Waals surface area contributed by atoms with Gasteiger partial charge in [-0.05, 0) is 48.5 Å². The van der Waals surface area contributed by atoms with E-state index in [0.29, 0.717) is 27.9 Å². The van der Waals surface area contributed by atoms with Gasteiger partial charge in [0.05, 0.1) is 0 Å². The number of rotatable bonds is 5. The second kappa shape index (κ2) is 8.91. The summed E-state index contributed by atoms with van der Waals surface area (Å²) in [6.07, 6.45) is 1.37. The molecule has 0 saturated carbocycles. The number of carbonyl (C=O) groups is 2. The Morgan fingerprint density at radius 3 is 2.34 bits per heavy atom. The highest BCUT2D eigenvalue weighted by Crippen LogP contribution is 2.26. The molecule has 0 fully saturated rings. The highest BCUT2D eigenvalue weighted by molar-refractivity contribution is 6.30. The molecule has 0 radical (unpaired) electrons. The number of carbonyl (C=O) groups excluding carboxylic acids is 2. The number of hydrogen-bond acceptors (Lipinski definition) is 4. The molecule has 6 nitrogen and oxygen atoms in total. The Labute approximate surface area is 172 Å². The molecule has 7 heteroatoms. The van der Waals surface area contributed by atoms with Gasteiger partial charge in [-0.15, -0.1) is 0 Å². The highest BCUT2D eigenvalue weighted by atomic mass is 35.5. The number of nitrogens with one attached hydrogen (secondary N) is 2. The van der Waals surface area contributed by atoms with E-state index in [1.165, 1.54) is 13.0 Å². The fourth-order valence-corrected chi connectivity index (χ4v) is 2.75. The lowest BCUT2D eigenvalue weighted by Crippen LogP contribution is -2.13. The Balaban J connectivity index is 1.73. The predicted molar refractivity (Wildman–Crippen MR) is 112 cm³/mol. The Kier molecular flexibility index (Phi) is 6.12. The van der Waals surface area contributed by atoms with E-state index in [1.807, 2.05) is 12.1 Å². The summed E-state index contributed by atoms with van der Waals surface area (Å²) in [7, 11) is 0. The van der Waals surface area contributed by atoms with E-state index in [9.17, 15) is 14.9 Å². The third-order valence-corrected chi connectivity index (χ3v) is 4.09. The molecule has 1 aromatic heterocycles. The number of hydrogen-bond donors (Lipinski definition) is 2. The summed E-state index contributed by atoms with van der Waals surface area (Å²) in [6.45, 7) is 1.41. The molecule has 2 aromatic carbocycles. The summed E-state index contributed by atoms with van der Waals surface area (Å²) in [5, 5.41) is 15.2. The second-order valence-corrected chi connectivity index (χ2v) is 6.53. The monoisotopic (exact) mass is 405 g/mol. The minimum absolute atomic E-state index is 0.108. The lowest BCUT2D eigenvalue weighted by atomic mass is 10.2. The summed E-state index contributed by atoms with van der Waals surface area (Å²) in [5.74, 6) is 0.185. The van der Waals surface area contributed by atoms with E-state index in [1.54, 1.807) is 54.6 Å². The maximum Gasteiger partial charge on any atom is 0.266 e. The van der Waals surface area contributed by atoms with Gasteiger partial charge in [0.1, 0.15) is 23.2 Å². The van der Waals surface area contributed by atoms with Crippen LogP contribution in [0.5, 0.6) is 0 Å². The summed E-state index contributed by atoms with van der Waals surface area (Å²) in [5.41, 5.74) is 1.78. The van der Waals surface area contributed by atoms with Gasteiger partial charge in [0.2, 0.25) is 5.91 Å². The first kappa shape index (κ1) is 19.9. The standard InChI is InChI=1S/C22H16ClN3O3/c1-14(27)25-18-5-7-19(8-6-18)26-22(28)16(13-24)12-20-9-10-21(29-20)15-3-2-4-17(23)11-15/h2-12H,1H3,(H,25,27)(H,26,28)/b16-12+. The van der Waals surface area contributed by atoms with Crippen LogP contribution in [-0.2, 0) is 9.59 Å². The van der Waals surface area contributed by atoms with Crippen molar-refractivity contribution in [2.75, 3.05) is 10.6 Å². The molecule has 1 heterocycles. The average molecular weight is 406 g/mol. The third-order valence-electron chi connectivity index (χ3n) is 3.85. The van der Waals surface area contributed by atoms with Crippen molar-refractivity contribution in [3.63, 3.8) is 0 Å². The van der Waals surface area contributed by atoms with Crippen LogP contribution in [0.1, 0.15) is 12.7 Å². The first-order chi connectivity index (χ1) is 13.9. The van der Waals surface area contributed by atoms with Gasteiger partial charge in [-0.3, -0.25) is 9.59 Å². The molecular formula is C22H16ClN3O3. The third kappa shape index (κ3) is 5.34. The zero-order valence-electron chi connectivity index (χ0n) is 15.4. The molecule has 0 saturated heterocycles. The van der Waals surface area contributed by atoms with Crippen molar-refractivity contribution in [2.24, 2.45) is 0 Å². The highest BCUT2D eigenvalue weighted by Gasteiger charge is 2.12. The van der Waals surface area contributed by atoms with E-state index in [0.717, 1.165) is 5.56 Å². The molecule has 3 rings (SSSR count). The molecule has 0 aliphatic rings. The quantitative estimate of drug-likeness (QED) is 0.455. The van der Waals surface area contributed by atoms with Crippen LogP contribution in [0.25, 0.3) is 17.4 Å². The van der Waals surface area contributed by atoms with E-state index in [2.05, 4.69) is 10.6 Å². The average Bonchev–Trinajstić information content (AvgIpc) is 3.16. The summed E-state index contributed by atoms with van der Waals surface area (Å²) in [4.78, 5) is 23.4. The van der Waals surface area contributed by atoms with Gasteiger partial charge in [-0.25, -0.2) is 0 Å². The minimum Gasteiger partial charge on any atom is -0.457 e. The molecule has 0 atom stereocenters. The number of halogens is 1. The van der Waals surface area contributed by atoms with Crippen LogP contribution in [0.15, 0.2) is 70.7 Å². The van der Waals surface area contributed by atoms with E-state index in [-0.39, 0.29) is 11.5 Å². The summed E-state index contributed by atoms with van der Waals surface area (Å²) < 4.78 is 5.70. The smallest absolute Gasteiger partial charge is 0.266 e.